The van der Waals surface area contributed by atoms with Crippen LogP contribution in [-0.2, 0) is 0 Å². The van der Waals surface area contributed by atoms with Crippen LogP contribution in [0.3, 0.4) is 0 Å². The maximum Gasteiger partial charge on any atom is 0.336 e. The van der Waals surface area contributed by atoms with E-state index in [-0.39, 0.29) is 17.8 Å². The van der Waals surface area contributed by atoms with Crippen LogP contribution in [0.5, 0.6) is 0 Å². The van der Waals surface area contributed by atoms with Crippen LogP contribution >= 0.6 is 0 Å². The minimum atomic E-state index is -1.04. The zero-order valence-corrected chi connectivity index (χ0v) is 9.38. The van der Waals surface area contributed by atoms with Gasteiger partial charge in [0.25, 0.3) is 0 Å². The van der Waals surface area contributed by atoms with Crippen molar-refractivity contribution in [3.05, 3.63) is 47.5 Å². The second-order valence-electron chi connectivity index (χ2n) is 3.77. The summed E-state index contributed by atoms with van der Waals surface area (Å²) in [5.41, 5.74) is 0.538. The summed E-state index contributed by atoms with van der Waals surface area (Å²) in [7, 11) is 0. The topological polar surface area (TPSA) is 78.2 Å². The Morgan fingerprint density at radius 3 is 2.17 bits per heavy atom. The molecule has 0 aliphatic carbocycles. The standard InChI is InChI=1S/C14H9NO3/c15-8-7-13(16)11-5-6-12(14(17)18)10-4-2-1-3-9(10)11/h1-6H,7H2,(H,17,18). The van der Waals surface area contributed by atoms with Crippen molar-refractivity contribution in [2.45, 2.75) is 6.42 Å². The van der Waals surface area contributed by atoms with Gasteiger partial charge in [0.15, 0.2) is 5.78 Å². The van der Waals surface area contributed by atoms with E-state index in [1.807, 2.05) is 0 Å². The van der Waals surface area contributed by atoms with E-state index in [4.69, 9.17) is 10.4 Å². The number of carboxylic acids is 1. The third-order valence-corrected chi connectivity index (χ3v) is 2.69. The van der Waals surface area contributed by atoms with Crippen molar-refractivity contribution in [3.8, 4) is 6.07 Å². The minimum absolute atomic E-state index is 0.152. The van der Waals surface area contributed by atoms with Gasteiger partial charge in [-0.1, -0.05) is 24.3 Å². The molecule has 2 aromatic rings. The second kappa shape index (κ2) is 4.68. The molecular formula is C14H9NO3. The fourth-order valence-corrected chi connectivity index (χ4v) is 1.90. The number of Topliss-reactive ketones (excluding diaryl/α,β-unsaturated/α-hetero) is 1. The molecule has 0 bridgehead atoms. The van der Waals surface area contributed by atoms with Crippen LogP contribution in [0.2, 0.25) is 0 Å². The molecule has 0 aliphatic heterocycles. The van der Waals surface area contributed by atoms with Gasteiger partial charge in [-0.25, -0.2) is 4.79 Å². The molecule has 0 saturated carbocycles. The Labute approximate surface area is 103 Å². The van der Waals surface area contributed by atoms with Gasteiger partial charge >= 0.3 is 5.97 Å². The van der Waals surface area contributed by atoms with Crippen LogP contribution in [0.15, 0.2) is 36.4 Å². The Morgan fingerprint density at radius 1 is 1.06 bits per heavy atom. The van der Waals surface area contributed by atoms with E-state index >= 15 is 0 Å². The first-order chi connectivity index (χ1) is 8.65. The van der Waals surface area contributed by atoms with Crippen molar-refractivity contribution in [1.29, 1.82) is 5.26 Å². The number of fused-ring (bicyclic) bond motifs is 1. The van der Waals surface area contributed by atoms with Crippen molar-refractivity contribution in [2.24, 2.45) is 0 Å². The average Bonchev–Trinajstić information content (AvgIpc) is 2.37. The highest BCUT2D eigenvalue weighted by Gasteiger charge is 2.14. The second-order valence-corrected chi connectivity index (χ2v) is 3.77. The number of hydrogen-bond acceptors (Lipinski definition) is 3. The number of nitrogens with zero attached hydrogens (tertiary/aromatic N) is 1. The summed E-state index contributed by atoms with van der Waals surface area (Å²) in [6.45, 7) is 0. The van der Waals surface area contributed by atoms with E-state index in [2.05, 4.69) is 0 Å². The predicted octanol–water partition coefficient (Wildman–Crippen LogP) is 2.63. The molecule has 0 aromatic heterocycles. The number of ketones is 1. The first-order valence-electron chi connectivity index (χ1n) is 5.30. The van der Waals surface area contributed by atoms with Gasteiger partial charge in [-0.15, -0.1) is 0 Å². The molecule has 0 saturated heterocycles. The highest BCUT2D eigenvalue weighted by atomic mass is 16.4. The summed E-state index contributed by atoms with van der Waals surface area (Å²) in [5.74, 6) is -1.34. The monoisotopic (exact) mass is 239 g/mol. The van der Waals surface area contributed by atoms with Crippen molar-refractivity contribution in [1.82, 2.24) is 0 Å². The van der Waals surface area contributed by atoms with E-state index in [0.717, 1.165) is 0 Å². The summed E-state index contributed by atoms with van der Waals surface area (Å²) in [6, 6.07) is 11.5. The molecule has 2 aromatic carbocycles. The lowest BCUT2D eigenvalue weighted by molar-refractivity contribution is 0.0698. The number of nitriles is 1. The summed E-state index contributed by atoms with van der Waals surface area (Å²) in [4.78, 5) is 22.9. The molecule has 88 valence electrons. The Hall–Kier alpha value is -2.67. The maximum atomic E-state index is 11.8. The SMILES string of the molecule is N#CCC(=O)c1ccc(C(=O)O)c2ccccc12. The maximum absolute atomic E-state index is 11.8. The van der Waals surface area contributed by atoms with Gasteiger partial charge in [0.1, 0.15) is 0 Å². The van der Waals surface area contributed by atoms with Gasteiger partial charge in [-0.2, -0.15) is 5.26 Å². The molecule has 0 atom stereocenters. The summed E-state index contributed by atoms with van der Waals surface area (Å²) < 4.78 is 0. The van der Waals surface area contributed by atoms with Gasteiger partial charge in [-0.3, -0.25) is 4.79 Å². The van der Waals surface area contributed by atoms with E-state index in [1.54, 1.807) is 30.3 Å². The molecule has 0 amide bonds. The predicted molar refractivity (Wildman–Crippen MR) is 65.5 cm³/mol. The van der Waals surface area contributed by atoms with E-state index in [0.29, 0.717) is 16.3 Å². The lowest BCUT2D eigenvalue weighted by atomic mass is 9.96. The Balaban J connectivity index is 2.73. The van der Waals surface area contributed by atoms with Crippen molar-refractivity contribution in [2.75, 3.05) is 0 Å². The largest absolute Gasteiger partial charge is 0.478 e. The highest BCUT2D eigenvalue weighted by molar-refractivity contribution is 6.13. The molecular weight excluding hydrogens is 230 g/mol. The van der Waals surface area contributed by atoms with E-state index in [9.17, 15) is 9.59 Å². The molecule has 0 spiro atoms. The van der Waals surface area contributed by atoms with Crippen LogP contribution in [0.25, 0.3) is 10.8 Å². The van der Waals surface area contributed by atoms with Crippen LogP contribution in [-0.4, -0.2) is 16.9 Å². The molecule has 4 nitrogen and oxygen atoms in total. The molecule has 2 rings (SSSR count). The lowest BCUT2D eigenvalue weighted by Crippen LogP contribution is -2.03. The van der Waals surface area contributed by atoms with Gasteiger partial charge in [0.05, 0.1) is 18.1 Å². The number of hydrogen-bond donors (Lipinski definition) is 1. The first-order valence-corrected chi connectivity index (χ1v) is 5.30. The minimum Gasteiger partial charge on any atom is -0.478 e. The molecule has 4 heteroatoms. The smallest absolute Gasteiger partial charge is 0.336 e. The fourth-order valence-electron chi connectivity index (χ4n) is 1.90. The zero-order chi connectivity index (χ0) is 13.1. The third-order valence-electron chi connectivity index (χ3n) is 2.69. The first kappa shape index (κ1) is 11.8. The molecule has 0 fully saturated rings. The Morgan fingerprint density at radius 2 is 1.61 bits per heavy atom. The normalized spacial score (nSPS) is 9.94. The average molecular weight is 239 g/mol. The number of carboxylic acid groups (broad SMARTS) is 1. The van der Waals surface area contributed by atoms with Crippen LogP contribution < -0.4 is 0 Å². The molecule has 1 N–H and O–H groups in total. The van der Waals surface area contributed by atoms with E-state index in [1.165, 1.54) is 12.1 Å². The third kappa shape index (κ3) is 1.94. The number of carbonyl (C=O) groups is 2. The van der Waals surface area contributed by atoms with Crippen molar-refractivity contribution < 1.29 is 14.7 Å². The van der Waals surface area contributed by atoms with E-state index < -0.39 is 5.97 Å². The fraction of sp³-hybridized carbons (Fsp3) is 0.0714. The highest BCUT2D eigenvalue weighted by Crippen LogP contribution is 2.23. The zero-order valence-electron chi connectivity index (χ0n) is 9.38. The molecule has 0 radical (unpaired) electrons. The van der Waals surface area contributed by atoms with Crippen LogP contribution in [0.1, 0.15) is 27.1 Å². The van der Waals surface area contributed by atoms with Crippen LogP contribution in [0.4, 0.5) is 0 Å². The quantitative estimate of drug-likeness (QED) is 0.835. The summed E-state index contributed by atoms with van der Waals surface area (Å²) in [5, 5.41) is 18.7. The van der Waals surface area contributed by atoms with Gasteiger partial charge < -0.3 is 5.11 Å². The number of benzene rings is 2. The number of rotatable bonds is 3. The van der Waals surface area contributed by atoms with Gasteiger partial charge in [0, 0.05) is 5.56 Å². The van der Waals surface area contributed by atoms with Crippen LogP contribution in [0, 0.1) is 11.3 Å². The van der Waals surface area contributed by atoms with Gasteiger partial charge in [-0.05, 0) is 22.9 Å². The Bertz CT molecular complexity index is 683. The Kier molecular flexibility index (Phi) is 3.07. The van der Waals surface area contributed by atoms with Gasteiger partial charge in [0.2, 0.25) is 0 Å². The van der Waals surface area contributed by atoms with Crippen molar-refractivity contribution >= 4 is 22.5 Å². The molecule has 0 unspecified atom stereocenters. The summed E-state index contributed by atoms with van der Waals surface area (Å²) in [6.07, 6.45) is -0.212. The number of carbonyl (C=O) groups excluding carboxylic acids is 1. The molecule has 18 heavy (non-hydrogen) atoms. The van der Waals surface area contributed by atoms with Crippen molar-refractivity contribution in [3.63, 3.8) is 0 Å². The summed E-state index contributed by atoms with van der Waals surface area (Å²) >= 11 is 0. The lowest BCUT2D eigenvalue weighted by Gasteiger charge is -2.06. The molecule has 0 heterocycles. The molecule has 0 aliphatic rings. The number of aromatic carboxylic acids is 1.